The van der Waals surface area contributed by atoms with Crippen molar-refractivity contribution in [3.8, 4) is 0 Å². The highest BCUT2D eigenvalue weighted by Gasteiger charge is 2.22. The molecule has 0 spiro atoms. The summed E-state index contributed by atoms with van der Waals surface area (Å²) in [7, 11) is 1.09. The Bertz CT molecular complexity index is 1460. The second kappa shape index (κ2) is 33.8. The van der Waals surface area contributed by atoms with E-state index in [0.717, 1.165) is 101 Å². The molecule has 0 aliphatic heterocycles. The number of aliphatic hydroxyl groups is 1. The average Bonchev–Trinajstić information content (AvgIpc) is 3.44. The third-order valence-corrected chi connectivity index (χ3v) is 11.0. The SMILES string of the molecule is CCCc1oc(CCCCCCCCCCC(=O)O[C@H](COC(=O)CCC/C=C\C/C=C\C/C=C\C/C=C\CCC[C@@H](C)O)COP(=O)([O-])OCC[N+](C)(C)C)c(C)c1C. The largest absolute Gasteiger partial charge is 0.756 e. The lowest BCUT2D eigenvalue weighted by Crippen LogP contribution is -2.37. The first-order chi connectivity index (χ1) is 28.6. The summed E-state index contributed by atoms with van der Waals surface area (Å²) in [5.74, 6) is 1.33. The number of aryl methyl sites for hydroxylation is 2. The quantitative estimate of drug-likeness (QED) is 0.0226. The van der Waals surface area contributed by atoms with Crippen LogP contribution in [0.15, 0.2) is 53.0 Å². The van der Waals surface area contributed by atoms with Gasteiger partial charge in [-0.25, -0.2) is 0 Å². The number of rotatable bonds is 37. The van der Waals surface area contributed by atoms with Crippen LogP contribution >= 0.6 is 7.82 Å². The van der Waals surface area contributed by atoms with Gasteiger partial charge >= 0.3 is 11.9 Å². The number of furan rings is 1. The van der Waals surface area contributed by atoms with E-state index in [4.69, 9.17) is 22.9 Å². The number of hydrogen-bond acceptors (Lipinski definition) is 10. The maximum Gasteiger partial charge on any atom is 0.306 e. The van der Waals surface area contributed by atoms with Crippen LogP contribution in [0.4, 0.5) is 0 Å². The van der Waals surface area contributed by atoms with Crippen LogP contribution in [-0.4, -0.2) is 81.2 Å². The number of allylic oxidation sites excluding steroid dienone is 8. The number of aliphatic hydroxyl groups excluding tert-OH is 1. The van der Waals surface area contributed by atoms with Gasteiger partial charge in [-0.15, -0.1) is 0 Å². The molecule has 11 nitrogen and oxygen atoms in total. The van der Waals surface area contributed by atoms with Gasteiger partial charge in [-0.2, -0.15) is 0 Å². The van der Waals surface area contributed by atoms with Gasteiger partial charge in [0.15, 0.2) is 6.10 Å². The van der Waals surface area contributed by atoms with Gasteiger partial charge in [-0.3, -0.25) is 14.2 Å². The zero-order valence-corrected chi connectivity index (χ0v) is 39.4. The summed E-state index contributed by atoms with van der Waals surface area (Å²) in [4.78, 5) is 37.6. The van der Waals surface area contributed by atoms with Crippen molar-refractivity contribution in [1.82, 2.24) is 0 Å². The van der Waals surface area contributed by atoms with Crippen LogP contribution in [0.5, 0.6) is 0 Å². The van der Waals surface area contributed by atoms with Gasteiger partial charge in [0.25, 0.3) is 7.82 Å². The minimum atomic E-state index is -4.66. The van der Waals surface area contributed by atoms with Crippen molar-refractivity contribution in [2.75, 3.05) is 47.5 Å². The molecule has 1 unspecified atom stereocenters. The Morgan fingerprint density at radius 1 is 0.717 bits per heavy atom. The van der Waals surface area contributed by atoms with E-state index < -0.39 is 32.5 Å². The van der Waals surface area contributed by atoms with Gasteiger partial charge in [-0.05, 0) is 103 Å². The van der Waals surface area contributed by atoms with Gasteiger partial charge in [0.05, 0.1) is 33.9 Å². The standard InChI is InChI=1S/C48H82NO10P/c1-8-32-45-42(3)43(4)46(59-45)34-29-25-21-18-19-23-27-31-36-48(52)58-44(40-57-60(53,54)56-38-37-49(5,6)7)39-55-47(51)35-30-26-22-17-15-13-11-9-10-12-14-16-20-24-28-33-41(2)50/h10-13,16-17,20,22,41,44,50H,8-9,14-15,18-19,21,23-40H2,1-7H3/b12-10-,13-11-,20-16-,22-17-/t41-,44-/m1/s1. The molecule has 0 amide bonds. The van der Waals surface area contributed by atoms with E-state index in [0.29, 0.717) is 30.3 Å². The molecule has 0 aliphatic carbocycles. The number of carbonyl (C=O) groups excluding carboxylic acids is 2. The second-order valence-corrected chi connectivity index (χ2v) is 18.3. The molecule has 0 bridgehead atoms. The van der Waals surface area contributed by atoms with Gasteiger partial charge in [-0.1, -0.05) is 94.1 Å². The number of phosphoric ester groups is 1. The van der Waals surface area contributed by atoms with Crippen molar-refractivity contribution >= 4 is 19.8 Å². The second-order valence-electron chi connectivity index (χ2n) is 16.9. The molecule has 0 saturated carbocycles. The van der Waals surface area contributed by atoms with E-state index in [9.17, 15) is 24.2 Å². The summed E-state index contributed by atoms with van der Waals surface area (Å²) >= 11 is 0. The molecule has 0 fully saturated rings. The van der Waals surface area contributed by atoms with Gasteiger partial charge in [0, 0.05) is 25.7 Å². The Kier molecular flexibility index (Phi) is 31.1. The smallest absolute Gasteiger partial charge is 0.306 e. The van der Waals surface area contributed by atoms with Gasteiger partial charge in [0.2, 0.25) is 0 Å². The maximum atomic E-state index is 12.7. The summed E-state index contributed by atoms with van der Waals surface area (Å²) < 4.78 is 40.0. The highest BCUT2D eigenvalue weighted by Crippen LogP contribution is 2.38. The lowest BCUT2D eigenvalue weighted by Gasteiger charge is -2.28. The molecule has 1 heterocycles. The van der Waals surface area contributed by atoms with Crippen LogP contribution in [0.25, 0.3) is 0 Å². The normalized spacial score (nSPS) is 14.5. The summed E-state index contributed by atoms with van der Waals surface area (Å²) in [6, 6.07) is 0. The Morgan fingerprint density at radius 2 is 1.23 bits per heavy atom. The number of unbranched alkanes of at least 4 members (excludes halogenated alkanes) is 9. The summed E-state index contributed by atoms with van der Waals surface area (Å²) in [6.45, 7) is 7.90. The van der Waals surface area contributed by atoms with E-state index in [2.05, 4.69) is 63.3 Å². The highest BCUT2D eigenvalue weighted by atomic mass is 31.2. The molecule has 1 aromatic heterocycles. The van der Waals surface area contributed by atoms with Crippen molar-refractivity contribution in [3.05, 3.63) is 71.3 Å². The molecule has 0 aliphatic rings. The molecule has 1 aromatic rings. The fourth-order valence-electron chi connectivity index (χ4n) is 6.24. The fourth-order valence-corrected chi connectivity index (χ4v) is 6.97. The van der Waals surface area contributed by atoms with Crippen LogP contribution < -0.4 is 4.89 Å². The number of nitrogens with zero attached hydrogens (tertiary/aromatic N) is 1. The molecular formula is C48H82NO10P. The first kappa shape index (κ1) is 55.2. The summed E-state index contributed by atoms with van der Waals surface area (Å²) in [5, 5.41) is 9.28. The van der Waals surface area contributed by atoms with Crippen molar-refractivity contribution in [2.45, 2.75) is 175 Å². The lowest BCUT2D eigenvalue weighted by atomic mass is 10.0. The topological polar surface area (TPSA) is 145 Å². The molecule has 0 radical (unpaired) electrons. The van der Waals surface area contributed by atoms with Crippen LogP contribution in [-0.2, 0) is 45.5 Å². The van der Waals surface area contributed by atoms with E-state index in [1.165, 1.54) is 24.0 Å². The summed E-state index contributed by atoms with van der Waals surface area (Å²) in [5.41, 5.74) is 2.61. The molecule has 344 valence electrons. The predicted molar refractivity (Wildman–Crippen MR) is 240 cm³/mol. The molecular weight excluding hydrogens is 781 g/mol. The molecule has 0 saturated heterocycles. The van der Waals surface area contributed by atoms with Crippen molar-refractivity contribution in [2.24, 2.45) is 0 Å². The number of esters is 2. The molecule has 60 heavy (non-hydrogen) atoms. The molecule has 1 rings (SSSR count). The Labute approximate surface area is 363 Å². The lowest BCUT2D eigenvalue weighted by molar-refractivity contribution is -0.870. The zero-order valence-electron chi connectivity index (χ0n) is 38.5. The highest BCUT2D eigenvalue weighted by molar-refractivity contribution is 7.45. The van der Waals surface area contributed by atoms with Crippen LogP contribution in [0.2, 0.25) is 0 Å². The van der Waals surface area contributed by atoms with E-state index in [1.807, 2.05) is 34.1 Å². The Morgan fingerprint density at radius 3 is 1.80 bits per heavy atom. The van der Waals surface area contributed by atoms with Gasteiger partial charge < -0.3 is 37.4 Å². The Hall–Kier alpha value is -2.79. The molecule has 3 atom stereocenters. The molecule has 1 N–H and O–H groups in total. The van der Waals surface area contributed by atoms with Crippen LogP contribution in [0, 0.1) is 13.8 Å². The third-order valence-electron chi connectivity index (χ3n) is 10.0. The first-order valence-corrected chi connectivity index (χ1v) is 24.2. The number of carbonyl (C=O) groups is 2. The zero-order chi connectivity index (χ0) is 44.5. The fraction of sp³-hybridized carbons (Fsp3) is 0.708. The number of quaternary nitrogens is 1. The predicted octanol–water partition coefficient (Wildman–Crippen LogP) is 10.7. The van der Waals surface area contributed by atoms with Crippen LogP contribution in [0.3, 0.4) is 0 Å². The Balaban J connectivity index is 2.37. The van der Waals surface area contributed by atoms with Crippen molar-refractivity contribution < 1.29 is 51.6 Å². The third kappa shape index (κ3) is 31.1. The minimum absolute atomic E-state index is 0.0537. The number of likely N-dealkylation sites (N-methyl/N-ethyl adjacent to an activating group) is 1. The monoisotopic (exact) mass is 864 g/mol. The van der Waals surface area contributed by atoms with E-state index >= 15 is 0 Å². The number of hydrogen-bond donors (Lipinski definition) is 1. The summed E-state index contributed by atoms with van der Waals surface area (Å²) in [6.07, 6.45) is 34.1. The van der Waals surface area contributed by atoms with Crippen LogP contribution in [0.1, 0.15) is 158 Å². The maximum absolute atomic E-state index is 12.7. The van der Waals surface area contributed by atoms with Gasteiger partial charge in [0.1, 0.15) is 31.3 Å². The molecule has 0 aromatic carbocycles. The van der Waals surface area contributed by atoms with E-state index in [-0.39, 0.29) is 32.2 Å². The molecule has 12 heteroatoms. The average molecular weight is 864 g/mol. The van der Waals surface area contributed by atoms with Crippen molar-refractivity contribution in [1.29, 1.82) is 0 Å². The van der Waals surface area contributed by atoms with Crippen molar-refractivity contribution in [3.63, 3.8) is 0 Å². The first-order valence-electron chi connectivity index (χ1n) is 22.7. The number of phosphoric acid groups is 1. The van der Waals surface area contributed by atoms with E-state index in [1.54, 1.807) is 0 Å². The number of ether oxygens (including phenoxy) is 2. The minimum Gasteiger partial charge on any atom is -0.756 e.